The molecule has 4 aromatic rings. The van der Waals surface area contributed by atoms with Gasteiger partial charge in [-0.2, -0.15) is 0 Å². The van der Waals surface area contributed by atoms with Crippen LogP contribution in [0.4, 0.5) is 11.5 Å². The van der Waals surface area contributed by atoms with Crippen LogP contribution in [0.5, 0.6) is 0 Å². The summed E-state index contributed by atoms with van der Waals surface area (Å²) in [5, 5.41) is 2.97. The first-order chi connectivity index (χ1) is 19.5. The number of pyridine rings is 1. The number of carbonyl (C=O) groups is 2. The van der Waals surface area contributed by atoms with Gasteiger partial charge in [0.2, 0.25) is 5.91 Å². The molecule has 2 amide bonds. The van der Waals surface area contributed by atoms with E-state index in [-0.39, 0.29) is 23.7 Å². The first-order valence-corrected chi connectivity index (χ1v) is 13.6. The van der Waals surface area contributed by atoms with Gasteiger partial charge in [0, 0.05) is 55.7 Å². The van der Waals surface area contributed by atoms with Crippen LogP contribution in [0.3, 0.4) is 0 Å². The van der Waals surface area contributed by atoms with Crippen molar-refractivity contribution in [3.8, 4) is 11.3 Å². The summed E-state index contributed by atoms with van der Waals surface area (Å²) in [5.74, 6) is 0.864. The Bertz CT molecular complexity index is 1610. The van der Waals surface area contributed by atoms with Crippen molar-refractivity contribution in [1.82, 2.24) is 29.2 Å². The largest absolute Gasteiger partial charge is 0.382 e. The van der Waals surface area contributed by atoms with Crippen LogP contribution in [0.25, 0.3) is 16.8 Å². The predicted octanol–water partition coefficient (Wildman–Crippen LogP) is 4.69. The number of fused-ring (bicyclic) bond motifs is 1. The summed E-state index contributed by atoms with van der Waals surface area (Å²) in [6.45, 7) is 8.89. The van der Waals surface area contributed by atoms with E-state index in [1.165, 1.54) is 11.8 Å². The van der Waals surface area contributed by atoms with Gasteiger partial charge in [-0.15, -0.1) is 0 Å². The predicted molar refractivity (Wildman–Crippen MR) is 163 cm³/mol. The van der Waals surface area contributed by atoms with Gasteiger partial charge in [0.15, 0.2) is 0 Å². The molecule has 0 aliphatic rings. The van der Waals surface area contributed by atoms with Crippen molar-refractivity contribution in [3.63, 3.8) is 0 Å². The normalized spacial score (nSPS) is 12.4. The van der Waals surface area contributed by atoms with Crippen LogP contribution in [-0.4, -0.2) is 68.7 Å². The number of nitrogens with two attached hydrogens (primary N) is 1. The molecule has 1 aromatic carbocycles. The summed E-state index contributed by atoms with van der Waals surface area (Å²) in [6.07, 6.45) is 9.90. The molecule has 0 unspecified atom stereocenters. The van der Waals surface area contributed by atoms with E-state index < -0.39 is 0 Å². The number of nitrogens with zero attached hydrogens (tertiary/aromatic N) is 6. The lowest BCUT2D eigenvalue weighted by Gasteiger charge is -2.23. The summed E-state index contributed by atoms with van der Waals surface area (Å²) >= 11 is 0. The molecule has 0 aliphatic carbocycles. The van der Waals surface area contributed by atoms with Crippen LogP contribution in [0.1, 0.15) is 60.0 Å². The molecule has 0 aliphatic heterocycles. The molecule has 0 radical (unpaired) electrons. The highest BCUT2D eigenvalue weighted by atomic mass is 16.2. The first kappa shape index (κ1) is 29.4. The molecule has 0 saturated carbocycles. The summed E-state index contributed by atoms with van der Waals surface area (Å²) in [7, 11) is 5.62. The zero-order valence-electron chi connectivity index (χ0n) is 24.7. The second-order valence-corrected chi connectivity index (χ2v) is 10.8. The molecular weight excluding hydrogens is 516 g/mol. The molecule has 214 valence electrons. The molecule has 41 heavy (non-hydrogen) atoms. The third-order valence-electron chi connectivity index (χ3n) is 7.07. The Hall–Kier alpha value is -4.57. The Morgan fingerprint density at radius 1 is 1.12 bits per heavy atom. The summed E-state index contributed by atoms with van der Waals surface area (Å²) in [5.41, 5.74) is 11.5. The van der Waals surface area contributed by atoms with Gasteiger partial charge in [-0.3, -0.25) is 19.0 Å². The fourth-order valence-electron chi connectivity index (χ4n) is 4.73. The van der Waals surface area contributed by atoms with Crippen LogP contribution in [-0.2, 0) is 4.79 Å². The van der Waals surface area contributed by atoms with E-state index in [1.807, 2.05) is 61.5 Å². The maximum Gasteiger partial charge on any atom is 0.257 e. The number of nitrogen functional groups attached to an aromatic ring is 1. The summed E-state index contributed by atoms with van der Waals surface area (Å²) < 4.78 is 1.83. The Balaban J connectivity index is 1.66. The number of nitrogens with one attached hydrogen (secondary N) is 1. The van der Waals surface area contributed by atoms with Crippen LogP contribution in [0, 0.1) is 6.92 Å². The van der Waals surface area contributed by atoms with Crippen LogP contribution in [0.15, 0.2) is 61.2 Å². The molecule has 0 fully saturated rings. The van der Waals surface area contributed by atoms with Gasteiger partial charge in [-0.1, -0.05) is 26.0 Å². The number of anilines is 2. The first-order valence-electron chi connectivity index (χ1n) is 13.6. The lowest BCUT2D eigenvalue weighted by Crippen LogP contribution is -2.29. The molecule has 1 atom stereocenters. The minimum absolute atomic E-state index is 0.142. The highest BCUT2D eigenvalue weighted by molar-refractivity contribution is 6.05. The third kappa shape index (κ3) is 6.44. The van der Waals surface area contributed by atoms with E-state index in [1.54, 1.807) is 42.7 Å². The molecule has 4 rings (SSSR count). The topological polar surface area (TPSA) is 122 Å². The average Bonchev–Trinajstić information content (AvgIpc) is 3.33. The lowest BCUT2D eigenvalue weighted by molar-refractivity contribution is -0.126. The Morgan fingerprint density at radius 3 is 2.56 bits per heavy atom. The van der Waals surface area contributed by atoms with Gasteiger partial charge >= 0.3 is 0 Å². The van der Waals surface area contributed by atoms with Gasteiger partial charge in [-0.05, 0) is 63.2 Å². The van der Waals surface area contributed by atoms with E-state index in [9.17, 15) is 9.59 Å². The number of hydrogen-bond donors (Lipinski definition) is 2. The van der Waals surface area contributed by atoms with Crippen molar-refractivity contribution in [2.75, 3.05) is 38.7 Å². The molecule has 0 spiro atoms. The number of benzene rings is 1. The standard InChI is InChI=1S/C31H38N8O2/c1-19(2)25-11-10-24(15-20(25)3)35-31(41)23-16-22(17-33-18-23)27-28-29(32)34-12-14-39(28)30(36-27)21(4)38(7)26(40)9-8-13-37(5)6/h8-12,14-19,21H,13H2,1-7H3,(H2,32,34)(H,35,41)/b9-8+/t21-/m0/s1. The molecule has 3 aromatic heterocycles. The highest BCUT2D eigenvalue weighted by Gasteiger charge is 2.24. The summed E-state index contributed by atoms with van der Waals surface area (Å²) in [4.78, 5) is 43.1. The van der Waals surface area contributed by atoms with Gasteiger partial charge in [-0.25, -0.2) is 9.97 Å². The van der Waals surface area contributed by atoms with E-state index >= 15 is 0 Å². The minimum Gasteiger partial charge on any atom is -0.382 e. The smallest absolute Gasteiger partial charge is 0.257 e. The molecule has 3 N–H and O–H groups in total. The van der Waals surface area contributed by atoms with E-state index in [4.69, 9.17) is 10.7 Å². The molecule has 0 saturated heterocycles. The number of aromatic nitrogens is 4. The van der Waals surface area contributed by atoms with Gasteiger partial charge < -0.3 is 20.9 Å². The van der Waals surface area contributed by atoms with E-state index in [2.05, 4.69) is 29.1 Å². The van der Waals surface area contributed by atoms with E-state index in [0.29, 0.717) is 46.3 Å². The number of aryl methyl sites for hydroxylation is 1. The van der Waals surface area contributed by atoms with Gasteiger partial charge in [0.25, 0.3) is 5.91 Å². The third-order valence-corrected chi connectivity index (χ3v) is 7.07. The summed E-state index contributed by atoms with van der Waals surface area (Å²) in [6, 6.07) is 7.28. The quantitative estimate of drug-likeness (QED) is 0.288. The SMILES string of the molecule is Cc1cc(NC(=O)c2cncc(-c3nc([C@H](C)N(C)C(=O)/C=C/CN(C)C)n4ccnc(N)c34)c2)ccc1C(C)C. The molecular formula is C31H38N8O2. The van der Waals surface area contributed by atoms with Crippen molar-refractivity contribution >= 4 is 28.8 Å². The van der Waals surface area contributed by atoms with Crippen molar-refractivity contribution in [3.05, 3.63) is 83.7 Å². The van der Waals surface area contributed by atoms with Crippen LogP contribution < -0.4 is 11.1 Å². The maximum atomic E-state index is 13.2. The zero-order valence-corrected chi connectivity index (χ0v) is 24.7. The number of likely N-dealkylation sites (N-methyl/N-ethyl adjacent to an activating group) is 2. The average molecular weight is 555 g/mol. The second-order valence-electron chi connectivity index (χ2n) is 10.8. The monoisotopic (exact) mass is 554 g/mol. The number of hydrogen-bond acceptors (Lipinski definition) is 7. The maximum absolute atomic E-state index is 13.2. The van der Waals surface area contributed by atoms with Crippen molar-refractivity contribution in [1.29, 1.82) is 0 Å². The van der Waals surface area contributed by atoms with Gasteiger partial charge in [0.05, 0.1) is 11.6 Å². The highest BCUT2D eigenvalue weighted by Crippen LogP contribution is 2.32. The second kappa shape index (κ2) is 12.3. The molecule has 3 heterocycles. The Morgan fingerprint density at radius 2 is 1.88 bits per heavy atom. The molecule has 10 heteroatoms. The van der Waals surface area contributed by atoms with E-state index in [0.717, 1.165) is 5.56 Å². The molecule has 0 bridgehead atoms. The lowest BCUT2D eigenvalue weighted by atomic mass is 9.97. The Kier molecular flexibility index (Phi) is 8.83. The fourth-order valence-corrected chi connectivity index (χ4v) is 4.73. The van der Waals surface area contributed by atoms with Crippen molar-refractivity contribution in [2.24, 2.45) is 0 Å². The molecule has 10 nitrogen and oxygen atoms in total. The number of imidazole rings is 1. The number of carbonyl (C=O) groups excluding carboxylic acids is 2. The number of rotatable bonds is 9. The minimum atomic E-state index is -0.383. The van der Waals surface area contributed by atoms with Crippen molar-refractivity contribution < 1.29 is 9.59 Å². The Labute approximate surface area is 240 Å². The van der Waals surface area contributed by atoms with Crippen LogP contribution in [0.2, 0.25) is 0 Å². The zero-order chi connectivity index (χ0) is 29.8. The van der Waals surface area contributed by atoms with Gasteiger partial charge in [0.1, 0.15) is 22.9 Å². The fraction of sp³-hybridized carbons (Fsp3) is 0.323. The number of amides is 2. The van der Waals surface area contributed by atoms with Crippen LogP contribution >= 0.6 is 0 Å². The van der Waals surface area contributed by atoms with Crippen molar-refractivity contribution in [2.45, 2.75) is 39.7 Å².